The number of rotatable bonds is 5. The Kier molecular flexibility index (Phi) is 4.54. The molecule has 0 aliphatic heterocycles. The van der Waals surface area contributed by atoms with E-state index in [1.165, 1.54) is 11.1 Å². The van der Waals surface area contributed by atoms with Crippen LogP contribution in [-0.4, -0.2) is 24.7 Å². The van der Waals surface area contributed by atoms with Gasteiger partial charge in [0.25, 0.3) is 0 Å². The SMILES string of the molecule is CCc1nc(NC(c2ccncc2)c2ccc(C)cc2)c2cnn(C)c2n1. The molecule has 6 nitrogen and oxygen atoms in total. The summed E-state index contributed by atoms with van der Waals surface area (Å²) in [4.78, 5) is 13.5. The van der Waals surface area contributed by atoms with Crippen LogP contribution in [0, 0.1) is 6.92 Å². The lowest BCUT2D eigenvalue weighted by Gasteiger charge is -2.21. The molecule has 0 aliphatic rings. The van der Waals surface area contributed by atoms with Crippen LogP contribution in [0.4, 0.5) is 5.82 Å². The standard InChI is InChI=1S/C21H22N6/c1-4-18-24-20(17-13-23-27(3)21(17)25-18)26-19(16-9-11-22-12-10-16)15-7-5-14(2)6-8-15/h5-13,19H,4H2,1-3H3,(H,24,25,26). The average molecular weight is 358 g/mol. The van der Waals surface area contributed by atoms with E-state index < -0.39 is 0 Å². The quantitative estimate of drug-likeness (QED) is 0.587. The lowest BCUT2D eigenvalue weighted by molar-refractivity contribution is 0.779. The summed E-state index contributed by atoms with van der Waals surface area (Å²) >= 11 is 0. The smallest absolute Gasteiger partial charge is 0.163 e. The first-order valence-electron chi connectivity index (χ1n) is 9.07. The number of aromatic nitrogens is 5. The second-order valence-electron chi connectivity index (χ2n) is 6.62. The number of aryl methyl sites for hydroxylation is 3. The predicted octanol–water partition coefficient (Wildman–Crippen LogP) is 3.83. The molecule has 1 N–H and O–H groups in total. The number of benzene rings is 1. The summed E-state index contributed by atoms with van der Waals surface area (Å²) in [5, 5.41) is 8.91. The topological polar surface area (TPSA) is 68.5 Å². The van der Waals surface area contributed by atoms with Crippen LogP contribution in [-0.2, 0) is 13.5 Å². The molecule has 0 bridgehead atoms. The minimum Gasteiger partial charge on any atom is -0.358 e. The third-order valence-corrected chi connectivity index (χ3v) is 4.69. The van der Waals surface area contributed by atoms with Crippen LogP contribution in [0.15, 0.2) is 55.0 Å². The second-order valence-corrected chi connectivity index (χ2v) is 6.62. The lowest BCUT2D eigenvalue weighted by atomic mass is 9.98. The highest BCUT2D eigenvalue weighted by molar-refractivity contribution is 5.86. The van der Waals surface area contributed by atoms with Crippen molar-refractivity contribution in [2.75, 3.05) is 5.32 Å². The van der Waals surface area contributed by atoms with Crippen molar-refractivity contribution < 1.29 is 0 Å². The van der Waals surface area contributed by atoms with Crippen molar-refractivity contribution in [1.82, 2.24) is 24.7 Å². The van der Waals surface area contributed by atoms with Gasteiger partial charge in [0, 0.05) is 25.9 Å². The third-order valence-electron chi connectivity index (χ3n) is 4.69. The fourth-order valence-electron chi connectivity index (χ4n) is 3.15. The molecule has 3 aromatic heterocycles. The fourth-order valence-corrected chi connectivity index (χ4v) is 3.15. The van der Waals surface area contributed by atoms with Gasteiger partial charge in [0.1, 0.15) is 11.6 Å². The van der Waals surface area contributed by atoms with Crippen molar-refractivity contribution >= 4 is 16.9 Å². The largest absolute Gasteiger partial charge is 0.358 e. The van der Waals surface area contributed by atoms with Crippen LogP contribution >= 0.6 is 0 Å². The molecule has 27 heavy (non-hydrogen) atoms. The highest BCUT2D eigenvalue weighted by atomic mass is 15.3. The molecule has 0 saturated heterocycles. The molecule has 1 atom stereocenters. The van der Waals surface area contributed by atoms with Gasteiger partial charge in [-0.05, 0) is 30.2 Å². The minimum absolute atomic E-state index is 0.0448. The average Bonchev–Trinajstić information content (AvgIpc) is 3.08. The van der Waals surface area contributed by atoms with Crippen LogP contribution in [0.2, 0.25) is 0 Å². The maximum atomic E-state index is 4.75. The molecule has 0 aliphatic carbocycles. The van der Waals surface area contributed by atoms with Gasteiger partial charge in [-0.15, -0.1) is 0 Å². The first-order valence-corrected chi connectivity index (χ1v) is 9.07. The Morgan fingerprint density at radius 1 is 1.00 bits per heavy atom. The summed E-state index contributed by atoms with van der Waals surface area (Å²) in [7, 11) is 1.90. The zero-order valence-electron chi connectivity index (χ0n) is 15.7. The van der Waals surface area contributed by atoms with Gasteiger partial charge < -0.3 is 5.32 Å². The molecule has 4 rings (SSSR count). The molecule has 1 aromatic carbocycles. The van der Waals surface area contributed by atoms with E-state index in [4.69, 9.17) is 4.98 Å². The predicted molar refractivity (Wildman–Crippen MR) is 107 cm³/mol. The van der Waals surface area contributed by atoms with Gasteiger partial charge in [0.05, 0.1) is 17.6 Å². The van der Waals surface area contributed by atoms with Crippen molar-refractivity contribution in [1.29, 1.82) is 0 Å². The Bertz CT molecular complexity index is 1050. The molecular formula is C21H22N6. The van der Waals surface area contributed by atoms with E-state index in [1.807, 2.05) is 37.8 Å². The molecule has 6 heteroatoms. The monoisotopic (exact) mass is 358 g/mol. The van der Waals surface area contributed by atoms with Gasteiger partial charge in [-0.2, -0.15) is 5.10 Å². The molecule has 3 heterocycles. The Hall–Kier alpha value is -3.28. The number of nitrogens with zero attached hydrogens (tertiary/aromatic N) is 5. The van der Waals surface area contributed by atoms with Crippen LogP contribution in [0.25, 0.3) is 11.0 Å². The molecule has 0 amide bonds. The Morgan fingerprint density at radius 3 is 2.41 bits per heavy atom. The molecule has 4 aromatic rings. The van der Waals surface area contributed by atoms with Crippen LogP contribution in [0.1, 0.15) is 35.5 Å². The third kappa shape index (κ3) is 3.38. The van der Waals surface area contributed by atoms with Crippen molar-refractivity contribution in [3.8, 4) is 0 Å². The second kappa shape index (κ2) is 7.15. The maximum Gasteiger partial charge on any atom is 0.163 e. The van der Waals surface area contributed by atoms with Crippen LogP contribution < -0.4 is 5.32 Å². The van der Waals surface area contributed by atoms with Gasteiger partial charge in [-0.1, -0.05) is 36.8 Å². The molecule has 1 unspecified atom stereocenters. The number of anilines is 1. The van der Waals surface area contributed by atoms with Gasteiger partial charge in [-0.25, -0.2) is 9.97 Å². The molecular weight excluding hydrogens is 336 g/mol. The zero-order chi connectivity index (χ0) is 18.8. The lowest BCUT2D eigenvalue weighted by Crippen LogP contribution is -2.15. The van der Waals surface area contributed by atoms with E-state index in [-0.39, 0.29) is 6.04 Å². The number of pyridine rings is 1. The highest BCUT2D eigenvalue weighted by Crippen LogP contribution is 2.29. The number of hydrogen-bond donors (Lipinski definition) is 1. The Morgan fingerprint density at radius 2 is 1.70 bits per heavy atom. The van der Waals surface area contributed by atoms with Crippen molar-refractivity contribution in [3.05, 3.63) is 77.5 Å². The molecule has 0 spiro atoms. The number of hydrogen-bond acceptors (Lipinski definition) is 5. The van der Waals surface area contributed by atoms with Gasteiger partial charge in [-0.3, -0.25) is 9.67 Å². The van der Waals surface area contributed by atoms with Gasteiger partial charge in [0.2, 0.25) is 0 Å². The molecule has 0 radical (unpaired) electrons. The summed E-state index contributed by atoms with van der Waals surface area (Å²) in [6, 6.07) is 12.6. The summed E-state index contributed by atoms with van der Waals surface area (Å²) < 4.78 is 1.79. The van der Waals surface area contributed by atoms with Crippen molar-refractivity contribution in [2.45, 2.75) is 26.3 Å². The number of fused-ring (bicyclic) bond motifs is 1. The highest BCUT2D eigenvalue weighted by Gasteiger charge is 2.18. The fraction of sp³-hybridized carbons (Fsp3) is 0.238. The van der Waals surface area contributed by atoms with Gasteiger partial charge in [0.15, 0.2) is 5.65 Å². The van der Waals surface area contributed by atoms with E-state index in [0.717, 1.165) is 34.7 Å². The molecule has 136 valence electrons. The summed E-state index contributed by atoms with van der Waals surface area (Å²) in [5.41, 5.74) is 4.36. The first kappa shape index (κ1) is 17.1. The Labute approximate surface area is 158 Å². The van der Waals surface area contributed by atoms with E-state index >= 15 is 0 Å². The van der Waals surface area contributed by atoms with Crippen LogP contribution in [0.3, 0.4) is 0 Å². The molecule has 0 fully saturated rings. The van der Waals surface area contributed by atoms with Crippen molar-refractivity contribution in [2.24, 2.45) is 7.05 Å². The summed E-state index contributed by atoms with van der Waals surface area (Å²) in [5.74, 6) is 1.60. The normalized spacial score (nSPS) is 12.3. The number of nitrogens with one attached hydrogen (secondary N) is 1. The van der Waals surface area contributed by atoms with E-state index in [0.29, 0.717) is 0 Å². The van der Waals surface area contributed by atoms with E-state index in [9.17, 15) is 0 Å². The Balaban J connectivity index is 1.83. The van der Waals surface area contributed by atoms with E-state index in [1.54, 1.807) is 4.68 Å². The van der Waals surface area contributed by atoms with Crippen molar-refractivity contribution in [3.63, 3.8) is 0 Å². The zero-order valence-corrected chi connectivity index (χ0v) is 15.7. The maximum absolute atomic E-state index is 4.75. The van der Waals surface area contributed by atoms with Gasteiger partial charge >= 0.3 is 0 Å². The van der Waals surface area contributed by atoms with E-state index in [2.05, 4.69) is 58.5 Å². The van der Waals surface area contributed by atoms with Crippen LogP contribution in [0.5, 0.6) is 0 Å². The molecule has 0 saturated carbocycles. The summed E-state index contributed by atoms with van der Waals surface area (Å²) in [6.07, 6.45) is 6.21. The first-order chi connectivity index (χ1) is 13.2. The minimum atomic E-state index is -0.0448. The summed E-state index contributed by atoms with van der Waals surface area (Å²) in [6.45, 7) is 4.15.